The number of carbonyl (C=O) groups excluding carboxylic acids is 1. The van der Waals surface area contributed by atoms with E-state index in [4.69, 9.17) is 4.42 Å². The molecule has 2 N–H and O–H groups in total. The minimum absolute atomic E-state index is 0.0522. The third-order valence-electron chi connectivity index (χ3n) is 5.01. The topological polar surface area (TPSA) is 110 Å². The summed E-state index contributed by atoms with van der Waals surface area (Å²) in [7, 11) is -2.42. The number of benzene rings is 1. The maximum atomic E-state index is 12.8. The summed E-state index contributed by atoms with van der Waals surface area (Å²) in [5.41, 5.74) is 0.681. The quantitative estimate of drug-likeness (QED) is 0.770. The number of aromatic nitrogens is 1. The Kier molecular flexibility index (Phi) is 5.43. The molecule has 0 radical (unpaired) electrons. The van der Waals surface area contributed by atoms with Crippen molar-refractivity contribution in [2.45, 2.75) is 56.5 Å². The van der Waals surface area contributed by atoms with E-state index < -0.39 is 21.8 Å². The van der Waals surface area contributed by atoms with Crippen LogP contribution in [0.4, 0.5) is 0 Å². The van der Waals surface area contributed by atoms with Crippen molar-refractivity contribution in [3.8, 4) is 0 Å². The summed E-state index contributed by atoms with van der Waals surface area (Å²) in [4.78, 5) is 24.2. The number of nitrogens with zero attached hydrogens (tertiary/aromatic N) is 1. The predicted octanol–water partition coefficient (Wildman–Crippen LogP) is 1.49. The van der Waals surface area contributed by atoms with Gasteiger partial charge in [0.25, 0.3) is 0 Å². The van der Waals surface area contributed by atoms with Crippen molar-refractivity contribution < 1.29 is 17.6 Å². The zero-order valence-electron chi connectivity index (χ0n) is 15.7. The minimum Gasteiger partial charge on any atom is -0.408 e. The second-order valence-electron chi connectivity index (χ2n) is 7.39. The number of hydrogen-bond donors (Lipinski definition) is 2. The normalized spacial score (nSPS) is 16.9. The Morgan fingerprint density at radius 1 is 1.26 bits per heavy atom. The fraction of sp³-hybridized carbons (Fsp3) is 0.556. The second-order valence-corrected chi connectivity index (χ2v) is 9.10. The van der Waals surface area contributed by atoms with Gasteiger partial charge in [0, 0.05) is 19.2 Å². The molecule has 2 aromatic rings. The third-order valence-corrected chi connectivity index (χ3v) is 6.45. The molecule has 1 atom stereocenters. The molecule has 9 heteroatoms. The molecule has 1 aliphatic rings. The van der Waals surface area contributed by atoms with Crippen LogP contribution in [0, 0.1) is 5.92 Å². The highest BCUT2D eigenvalue weighted by molar-refractivity contribution is 7.89. The van der Waals surface area contributed by atoms with Crippen LogP contribution in [0.25, 0.3) is 11.1 Å². The summed E-state index contributed by atoms with van der Waals surface area (Å²) in [5, 5.41) is 2.95. The molecular formula is C18H25N3O5S. The Balaban J connectivity index is 1.83. The molecule has 8 nitrogen and oxygen atoms in total. The van der Waals surface area contributed by atoms with Crippen molar-refractivity contribution in [1.82, 2.24) is 14.6 Å². The zero-order chi connectivity index (χ0) is 19.8. The van der Waals surface area contributed by atoms with E-state index in [1.807, 2.05) is 0 Å². The number of aryl methyl sites for hydroxylation is 1. The van der Waals surface area contributed by atoms with Crippen LogP contribution in [0.2, 0.25) is 0 Å². The maximum Gasteiger partial charge on any atom is 0.419 e. The van der Waals surface area contributed by atoms with Crippen molar-refractivity contribution in [3.05, 3.63) is 28.7 Å². The Hall–Kier alpha value is -2.13. The molecule has 148 valence electrons. The van der Waals surface area contributed by atoms with Crippen LogP contribution in [0.1, 0.15) is 39.5 Å². The largest absolute Gasteiger partial charge is 0.419 e. The van der Waals surface area contributed by atoms with Crippen LogP contribution in [0.3, 0.4) is 0 Å². The van der Waals surface area contributed by atoms with Gasteiger partial charge in [-0.2, -0.15) is 4.72 Å². The van der Waals surface area contributed by atoms with Crippen LogP contribution in [-0.4, -0.2) is 31.0 Å². The average molecular weight is 395 g/mol. The first-order chi connectivity index (χ1) is 12.7. The van der Waals surface area contributed by atoms with Gasteiger partial charge < -0.3 is 9.73 Å². The molecule has 3 rings (SSSR count). The summed E-state index contributed by atoms with van der Waals surface area (Å²) in [6.07, 6.45) is 4.00. The van der Waals surface area contributed by atoms with Gasteiger partial charge in [-0.15, -0.1) is 0 Å². The van der Waals surface area contributed by atoms with E-state index in [1.54, 1.807) is 20.9 Å². The maximum absolute atomic E-state index is 12.8. The SMILES string of the molecule is CC(C)C(NS(=O)(=O)c1ccc2c(c1)oc(=O)n2C)C(=O)NC1CCCC1. The summed E-state index contributed by atoms with van der Waals surface area (Å²) in [6.45, 7) is 3.59. The molecule has 1 aromatic heterocycles. The van der Waals surface area contributed by atoms with Crippen LogP contribution < -0.4 is 15.8 Å². The number of carbonyl (C=O) groups is 1. The van der Waals surface area contributed by atoms with Crippen LogP contribution in [-0.2, 0) is 21.9 Å². The van der Waals surface area contributed by atoms with Crippen LogP contribution in [0.5, 0.6) is 0 Å². The van der Waals surface area contributed by atoms with Crippen molar-refractivity contribution in [3.63, 3.8) is 0 Å². The minimum atomic E-state index is -3.96. The van der Waals surface area contributed by atoms with E-state index in [9.17, 15) is 18.0 Å². The highest BCUT2D eigenvalue weighted by Gasteiger charge is 2.30. The van der Waals surface area contributed by atoms with E-state index in [0.717, 1.165) is 25.7 Å². The Morgan fingerprint density at radius 3 is 2.56 bits per heavy atom. The standard InChI is InChI=1S/C18H25N3O5S/c1-11(2)16(17(22)19-12-6-4-5-7-12)20-27(24,25)13-8-9-14-15(10-13)26-18(23)21(14)3/h8-12,16,20H,4-7H2,1-3H3,(H,19,22). The molecule has 0 bridgehead atoms. The van der Waals surface area contributed by atoms with Gasteiger partial charge in [-0.1, -0.05) is 26.7 Å². The molecule has 1 aromatic carbocycles. The lowest BCUT2D eigenvalue weighted by Crippen LogP contribution is -2.51. The average Bonchev–Trinajstić information content (AvgIpc) is 3.20. The van der Waals surface area contributed by atoms with E-state index in [2.05, 4.69) is 10.0 Å². The summed E-state index contributed by atoms with van der Waals surface area (Å²) in [5.74, 6) is -1.10. The molecule has 1 aliphatic carbocycles. The highest BCUT2D eigenvalue weighted by Crippen LogP contribution is 2.20. The number of amides is 1. The van der Waals surface area contributed by atoms with Gasteiger partial charge in [0.2, 0.25) is 15.9 Å². The Bertz CT molecular complexity index is 1000. The summed E-state index contributed by atoms with van der Waals surface area (Å²) in [6, 6.07) is 3.43. The second kappa shape index (κ2) is 7.47. The Labute approximate surface area is 158 Å². The molecule has 0 spiro atoms. The van der Waals surface area contributed by atoms with Gasteiger partial charge in [-0.05, 0) is 30.9 Å². The first kappa shape index (κ1) is 19.6. The molecule has 1 unspecified atom stereocenters. The monoisotopic (exact) mass is 395 g/mol. The molecular weight excluding hydrogens is 370 g/mol. The molecule has 1 saturated carbocycles. The number of sulfonamides is 1. The van der Waals surface area contributed by atoms with E-state index in [-0.39, 0.29) is 28.3 Å². The van der Waals surface area contributed by atoms with E-state index in [0.29, 0.717) is 5.52 Å². The van der Waals surface area contributed by atoms with E-state index in [1.165, 1.54) is 22.8 Å². The first-order valence-corrected chi connectivity index (χ1v) is 10.6. The van der Waals surface area contributed by atoms with Gasteiger partial charge in [0.15, 0.2) is 5.58 Å². The van der Waals surface area contributed by atoms with Crippen molar-refractivity contribution in [2.75, 3.05) is 0 Å². The molecule has 1 amide bonds. The van der Waals surface area contributed by atoms with Gasteiger partial charge in [-0.25, -0.2) is 13.2 Å². The van der Waals surface area contributed by atoms with Crippen LogP contribution in [0.15, 0.2) is 32.3 Å². The lowest BCUT2D eigenvalue weighted by Gasteiger charge is -2.23. The first-order valence-electron chi connectivity index (χ1n) is 9.11. The fourth-order valence-corrected chi connectivity index (χ4v) is 4.73. The van der Waals surface area contributed by atoms with Gasteiger partial charge in [-0.3, -0.25) is 9.36 Å². The number of nitrogens with one attached hydrogen (secondary N) is 2. The van der Waals surface area contributed by atoms with Gasteiger partial charge >= 0.3 is 5.76 Å². The van der Waals surface area contributed by atoms with Crippen molar-refractivity contribution in [2.24, 2.45) is 13.0 Å². The van der Waals surface area contributed by atoms with Gasteiger partial charge in [0.1, 0.15) is 6.04 Å². The lowest BCUT2D eigenvalue weighted by atomic mass is 10.0. The summed E-state index contributed by atoms with van der Waals surface area (Å²) < 4.78 is 34.5. The lowest BCUT2D eigenvalue weighted by molar-refractivity contribution is -0.124. The summed E-state index contributed by atoms with van der Waals surface area (Å²) >= 11 is 0. The zero-order valence-corrected chi connectivity index (χ0v) is 16.5. The number of rotatable bonds is 6. The number of fused-ring (bicyclic) bond motifs is 1. The molecule has 0 aliphatic heterocycles. The Morgan fingerprint density at radius 2 is 1.93 bits per heavy atom. The molecule has 1 heterocycles. The molecule has 0 saturated heterocycles. The molecule has 27 heavy (non-hydrogen) atoms. The highest BCUT2D eigenvalue weighted by atomic mass is 32.2. The van der Waals surface area contributed by atoms with Crippen molar-refractivity contribution >= 4 is 27.0 Å². The fourth-order valence-electron chi connectivity index (χ4n) is 3.37. The smallest absolute Gasteiger partial charge is 0.408 e. The van der Waals surface area contributed by atoms with Crippen LogP contribution >= 0.6 is 0 Å². The molecule has 1 fully saturated rings. The number of hydrogen-bond acceptors (Lipinski definition) is 5. The predicted molar refractivity (Wildman–Crippen MR) is 101 cm³/mol. The third kappa shape index (κ3) is 4.08. The van der Waals surface area contributed by atoms with E-state index >= 15 is 0 Å². The number of oxazole rings is 1. The van der Waals surface area contributed by atoms with Crippen molar-refractivity contribution in [1.29, 1.82) is 0 Å². The van der Waals surface area contributed by atoms with Gasteiger partial charge in [0.05, 0.1) is 10.4 Å².